The highest BCUT2D eigenvalue weighted by atomic mass is 79.9. The highest BCUT2D eigenvalue weighted by Crippen LogP contribution is 2.27. The first-order valence-corrected chi connectivity index (χ1v) is 6.62. The summed E-state index contributed by atoms with van der Waals surface area (Å²) >= 11 is 3.16. The van der Waals surface area contributed by atoms with Gasteiger partial charge < -0.3 is 10.1 Å². The molecule has 1 aliphatic rings. The van der Waals surface area contributed by atoms with Gasteiger partial charge in [0.05, 0.1) is 4.92 Å². The average molecular weight is 316 g/mol. The molecule has 2 heterocycles. The van der Waals surface area contributed by atoms with Crippen molar-refractivity contribution in [3.63, 3.8) is 0 Å². The molecule has 0 aliphatic carbocycles. The first kappa shape index (κ1) is 13.2. The van der Waals surface area contributed by atoms with Crippen molar-refractivity contribution in [1.29, 1.82) is 0 Å². The second-order valence-electron chi connectivity index (χ2n) is 4.19. The molecule has 1 aromatic heterocycles. The molecule has 1 atom stereocenters. The van der Waals surface area contributed by atoms with Crippen LogP contribution in [0.1, 0.15) is 19.3 Å². The maximum Gasteiger partial charge on any atom is 0.332 e. The van der Waals surface area contributed by atoms with Crippen molar-refractivity contribution < 1.29 is 9.66 Å². The van der Waals surface area contributed by atoms with Crippen LogP contribution in [0.2, 0.25) is 0 Å². The summed E-state index contributed by atoms with van der Waals surface area (Å²) in [6.45, 7) is 1.39. The van der Waals surface area contributed by atoms with Gasteiger partial charge in [0, 0.05) is 22.8 Å². The van der Waals surface area contributed by atoms with E-state index in [1.807, 2.05) is 0 Å². The predicted molar refractivity (Wildman–Crippen MR) is 69.7 cm³/mol. The number of hydrogen-bond acceptors (Lipinski definition) is 5. The summed E-state index contributed by atoms with van der Waals surface area (Å²) in [5.74, 6) is 0.0792. The number of ether oxygens (including phenoxy) is 1. The van der Waals surface area contributed by atoms with Crippen LogP contribution in [-0.4, -0.2) is 29.1 Å². The molecule has 6 nitrogen and oxygen atoms in total. The molecule has 2 rings (SSSR count). The van der Waals surface area contributed by atoms with Crippen molar-refractivity contribution in [2.24, 2.45) is 0 Å². The predicted octanol–water partition coefficient (Wildman–Crippen LogP) is 2.27. The van der Waals surface area contributed by atoms with Crippen molar-refractivity contribution >= 4 is 21.6 Å². The fraction of sp³-hybridized carbons (Fsp3) is 0.545. The zero-order valence-electron chi connectivity index (χ0n) is 9.76. The summed E-state index contributed by atoms with van der Waals surface area (Å²) in [4.78, 5) is 14.3. The molecule has 1 unspecified atom stereocenters. The maximum absolute atomic E-state index is 10.9. The normalized spacial score (nSPS) is 19.5. The highest BCUT2D eigenvalue weighted by molar-refractivity contribution is 9.10. The van der Waals surface area contributed by atoms with Gasteiger partial charge in [-0.15, -0.1) is 0 Å². The molecule has 98 valence electrons. The Morgan fingerprint density at radius 1 is 1.61 bits per heavy atom. The number of halogens is 1. The third-order valence-electron chi connectivity index (χ3n) is 2.83. The molecule has 0 amide bonds. The summed E-state index contributed by atoms with van der Waals surface area (Å²) in [6, 6.07) is 1.65. The average Bonchev–Trinajstić information content (AvgIpc) is 2.38. The first-order chi connectivity index (χ1) is 8.66. The van der Waals surface area contributed by atoms with Crippen LogP contribution in [0.4, 0.5) is 5.69 Å². The second-order valence-corrected chi connectivity index (χ2v) is 5.11. The summed E-state index contributed by atoms with van der Waals surface area (Å²) in [5, 5.41) is 14.2. The van der Waals surface area contributed by atoms with E-state index in [0.717, 1.165) is 19.4 Å². The number of rotatable bonds is 4. The topological polar surface area (TPSA) is 77.3 Å². The number of nitrogens with one attached hydrogen (secondary N) is 1. The van der Waals surface area contributed by atoms with Crippen LogP contribution in [0.3, 0.4) is 0 Å². The van der Waals surface area contributed by atoms with Crippen molar-refractivity contribution in [3.8, 4) is 5.88 Å². The number of aromatic nitrogens is 1. The molecule has 0 radical (unpaired) electrons. The molecule has 18 heavy (non-hydrogen) atoms. The first-order valence-electron chi connectivity index (χ1n) is 5.83. The van der Waals surface area contributed by atoms with E-state index >= 15 is 0 Å². The van der Waals surface area contributed by atoms with E-state index < -0.39 is 4.92 Å². The minimum atomic E-state index is -0.485. The fourth-order valence-electron chi connectivity index (χ4n) is 1.90. The molecule has 1 saturated heterocycles. The van der Waals surface area contributed by atoms with Gasteiger partial charge in [-0.2, -0.15) is 0 Å². The van der Waals surface area contributed by atoms with E-state index in [1.54, 1.807) is 0 Å². The lowest BCUT2D eigenvalue weighted by atomic mass is 10.1. The Balaban J connectivity index is 2.01. The van der Waals surface area contributed by atoms with Gasteiger partial charge in [-0.3, -0.25) is 10.1 Å². The Kier molecular flexibility index (Phi) is 4.48. The Labute approximate surface area is 113 Å². The Morgan fingerprint density at radius 3 is 3.11 bits per heavy atom. The van der Waals surface area contributed by atoms with Gasteiger partial charge >= 0.3 is 5.69 Å². The van der Waals surface area contributed by atoms with Gasteiger partial charge in [0.2, 0.25) is 0 Å². The number of nitro groups is 1. The number of pyridine rings is 1. The van der Waals surface area contributed by atoms with Crippen molar-refractivity contribution in [2.45, 2.75) is 25.3 Å². The number of hydrogen-bond donors (Lipinski definition) is 1. The quantitative estimate of drug-likeness (QED) is 0.681. The molecule has 1 aromatic rings. The standard InChI is InChI=1S/C11H14BrN3O3/c12-8-5-10(15(16)17)11(14-6-8)18-7-9-3-1-2-4-13-9/h5-6,9,13H,1-4,7H2. The highest BCUT2D eigenvalue weighted by Gasteiger charge is 2.20. The Bertz CT molecular complexity index is 436. The molecule has 1 aliphatic heterocycles. The van der Waals surface area contributed by atoms with Gasteiger partial charge in [-0.05, 0) is 35.3 Å². The van der Waals surface area contributed by atoms with Crippen LogP contribution >= 0.6 is 15.9 Å². The van der Waals surface area contributed by atoms with E-state index in [2.05, 4.69) is 26.2 Å². The number of nitrogens with zero attached hydrogens (tertiary/aromatic N) is 2. The molecule has 0 saturated carbocycles. The van der Waals surface area contributed by atoms with Crippen LogP contribution in [0.5, 0.6) is 5.88 Å². The molecule has 1 fully saturated rings. The number of piperidine rings is 1. The Morgan fingerprint density at radius 2 is 2.44 bits per heavy atom. The van der Waals surface area contributed by atoms with Crippen molar-refractivity contribution in [2.75, 3.05) is 13.2 Å². The minimum Gasteiger partial charge on any atom is -0.471 e. The smallest absolute Gasteiger partial charge is 0.332 e. The van der Waals surface area contributed by atoms with Gasteiger partial charge in [0.1, 0.15) is 6.61 Å². The third kappa shape index (κ3) is 3.39. The van der Waals surface area contributed by atoms with Crippen molar-refractivity contribution in [1.82, 2.24) is 10.3 Å². The van der Waals surface area contributed by atoms with Gasteiger partial charge in [-0.1, -0.05) is 6.42 Å². The van der Waals surface area contributed by atoms with Gasteiger partial charge in [0.25, 0.3) is 5.88 Å². The summed E-state index contributed by atoms with van der Waals surface area (Å²) in [5.41, 5.74) is -0.111. The molecule has 0 bridgehead atoms. The molecule has 7 heteroatoms. The monoisotopic (exact) mass is 315 g/mol. The lowest BCUT2D eigenvalue weighted by Crippen LogP contribution is -2.38. The van der Waals surface area contributed by atoms with E-state index in [9.17, 15) is 10.1 Å². The molecule has 0 aromatic carbocycles. The van der Waals surface area contributed by atoms with Crippen LogP contribution < -0.4 is 10.1 Å². The molecular formula is C11H14BrN3O3. The van der Waals surface area contributed by atoms with E-state index in [0.29, 0.717) is 11.1 Å². The van der Waals surface area contributed by atoms with E-state index in [1.165, 1.54) is 18.7 Å². The second kappa shape index (κ2) is 6.10. The van der Waals surface area contributed by atoms with Gasteiger partial charge in [-0.25, -0.2) is 4.98 Å². The minimum absolute atomic E-state index is 0.0792. The summed E-state index contributed by atoms with van der Waals surface area (Å²) < 4.78 is 6.02. The summed E-state index contributed by atoms with van der Waals surface area (Å²) in [7, 11) is 0. The zero-order chi connectivity index (χ0) is 13.0. The lowest BCUT2D eigenvalue weighted by molar-refractivity contribution is -0.386. The lowest BCUT2D eigenvalue weighted by Gasteiger charge is -2.23. The Hall–Kier alpha value is -1.21. The largest absolute Gasteiger partial charge is 0.471 e. The van der Waals surface area contributed by atoms with E-state index in [-0.39, 0.29) is 17.6 Å². The van der Waals surface area contributed by atoms with E-state index in [4.69, 9.17) is 4.74 Å². The van der Waals surface area contributed by atoms with Crippen LogP contribution in [0.15, 0.2) is 16.7 Å². The molecular weight excluding hydrogens is 302 g/mol. The third-order valence-corrected chi connectivity index (χ3v) is 3.26. The molecule has 0 spiro atoms. The van der Waals surface area contributed by atoms with Gasteiger partial charge in [0.15, 0.2) is 0 Å². The fourth-order valence-corrected chi connectivity index (χ4v) is 2.22. The van der Waals surface area contributed by atoms with Crippen LogP contribution in [0, 0.1) is 10.1 Å². The SMILES string of the molecule is O=[N+]([O-])c1cc(Br)cnc1OCC1CCCCN1. The van der Waals surface area contributed by atoms with Crippen LogP contribution in [0.25, 0.3) is 0 Å². The molecule has 1 N–H and O–H groups in total. The van der Waals surface area contributed by atoms with Crippen LogP contribution in [-0.2, 0) is 0 Å². The maximum atomic E-state index is 10.9. The van der Waals surface area contributed by atoms with Crippen molar-refractivity contribution in [3.05, 3.63) is 26.9 Å². The summed E-state index contributed by atoms with van der Waals surface area (Å²) in [6.07, 6.45) is 4.87. The zero-order valence-corrected chi connectivity index (χ0v) is 11.4.